The van der Waals surface area contributed by atoms with E-state index in [4.69, 9.17) is 16.0 Å². The van der Waals surface area contributed by atoms with E-state index in [1.165, 1.54) is 0 Å². The largest absolute Gasteiger partial charge is 0.436 e. The van der Waals surface area contributed by atoms with Crippen LogP contribution >= 0.6 is 11.6 Å². The summed E-state index contributed by atoms with van der Waals surface area (Å²) in [5.74, 6) is 0.932. The van der Waals surface area contributed by atoms with Crippen molar-refractivity contribution in [2.75, 3.05) is 31.1 Å². The number of H-pyrrole nitrogens is 1. The molecule has 0 bridgehead atoms. The van der Waals surface area contributed by atoms with Crippen molar-refractivity contribution in [3.63, 3.8) is 0 Å². The molecule has 0 aliphatic carbocycles. The molecule has 1 aliphatic heterocycles. The van der Waals surface area contributed by atoms with Crippen LogP contribution in [0.15, 0.2) is 75.9 Å². The average molecular weight is 486 g/mol. The summed E-state index contributed by atoms with van der Waals surface area (Å²) in [6.07, 6.45) is 0. The zero-order valence-corrected chi connectivity index (χ0v) is 19.3. The summed E-state index contributed by atoms with van der Waals surface area (Å²) in [6, 6.07) is 19.8. The molecule has 1 saturated heterocycles. The first kappa shape index (κ1) is 21.4. The van der Waals surface area contributed by atoms with Gasteiger partial charge in [0.25, 0.3) is 11.5 Å². The van der Waals surface area contributed by atoms with Crippen LogP contribution in [0.3, 0.4) is 0 Å². The predicted octanol–water partition coefficient (Wildman–Crippen LogP) is 4.35. The summed E-state index contributed by atoms with van der Waals surface area (Å²) < 4.78 is 5.92. The first-order valence-electron chi connectivity index (χ1n) is 11.2. The minimum absolute atomic E-state index is 0.0732. The van der Waals surface area contributed by atoms with Gasteiger partial charge in [-0.25, -0.2) is 9.97 Å². The number of piperazine rings is 1. The van der Waals surface area contributed by atoms with Crippen LogP contribution in [-0.4, -0.2) is 51.9 Å². The minimum atomic E-state index is -0.164. The molecule has 9 heteroatoms. The number of rotatable bonds is 3. The number of nitrogens with zero attached hydrogens (tertiary/aromatic N) is 4. The molecule has 2 aromatic heterocycles. The Morgan fingerprint density at radius 3 is 2.49 bits per heavy atom. The first-order valence-corrected chi connectivity index (χ1v) is 11.6. The number of nitrogens with one attached hydrogen (secondary N) is 1. The van der Waals surface area contributed by atoms with Gasteiger partial charge in [-0.15, -0.1) is 0 Å². The number of fused-ring (bicyclic) bond motifs is 2. The zero-order chi connectivity index (χ0) is 23.9. The van der Waals surface area contributed by atoms with Crippen LogP contribution in [-0.2, 0) is 0 Å². The summed E-state index contributed by atoms with van der Waals surface area (Å²) in [7, 11) is 0. The highest BCUT2D eigenvalue weighted by Gasteiger charge is 2.24. The van der Waals surface area contributed by atoms with Crippen LogP contribution in [0.25, 0.3) is 33.5 Å². The number of aromatic amines is 1. The van der Waals surface area contributed by atoms with E-state index in [9.17, 15) is 9.59 Å². The molecule has 35 heavy (non-hydrogen) atoms. The highest BCUT2D eigenvalue weighted by molar-refractivity contribution is 6.30. The average Bonchev–Trinajstić information content (AvgIpc) is 3.32. The number of hydrogen-bond acceptors (Lipinski definition) is 6. The van der Waals surface area contributed by atoms with E-state index in [-0.39, 0.29) is 11.5 Å². The van der Waals surface area contributed by atoms with Gasteiger partial charge in [-0.1, -0.05) is 23.7 Å². The number of halogens is 1. The molecule has 1 fully saturated rings. The Balaban J connectivity index is 1.18. The fourth-order valence-corrected chi connectivity index (χ4v) is 4.43. The minimum Gasteiger partial charge on any atom is -0.436 e. The fourth-order valence-electron chi connectivity index (χ4n) is 4.30. The second kappa shape index (κ2) is 8.56. The lowest BCUT2D eigenvalue weighted by Crippen LogP contribution is -2.49. The summed E-state index contributed by atoms with van der Waals surface area (Å²) in [4.78, 5) is 41.4. The van der Waals surface area contributed by atoms with Crippen molar-refractivity contribution in [2.24, 2.45) is 0 Å². The van der Waals surface area contributed by atoms with Crippen molar-refractivity contribution in [1.29, 1.82) is 0 Å². The van der Waals surface area contributed by atoms with Gasteiger partial charge in [0, 0.05) is 42.3 Å². The van der Waals surface area contributed by atoms with Gasteiger partial charge in [0.15, 0.2) is 5.58 Å². The normalized spacial score (nSPS) is 14.1. The van der Waals surface area contributed by atoms with E-state index in [0.717, 1.165) is 5.56 Å². The molecule has 0 atom stereocenters. The molecular formula is C26H20ClN5O3. The van der Waals surface area contributed by atoms with Crippen LogP contribution in [0.2, 0.25) is 5.02 Å². The van der Waals surface area contributed by atoms with Gasteiger partial charge in [0.1, 0.15) is 5.52 Å². The van der Waals surface area contributed by atoms with Crippen LogP contribution in [0.1, 0.15) is 10.4 Å². The van der Waals surface area contributed by atoms with E-state index < -0.39 is 0 Å². The number of benzene rings is 3. The molecule has 0 spiro atoms. The van der Waals surface area contributed by atoms with Crippen LogP contribution < -0.4 is 10.5 Å². The molecule has 1 N–H and O–H groups in total. The molecule has 0 radical (unpaired) electrons. The summed E-state index contributed by atoms with van der Waals surface area (Å²) >= 11 is 5.97. The zero-order valence-electron chi connectivity index (χ0n) is 18.6. The second-order valence-corrected chi connectivity index (χ2v) is 8.83. The van der Waals surface area contributed by atoms with E-state index in [2.05, 4.69) is 15.0 Å². The monoisotopic (exact) mass is 485 g/mol. The van der Waals surface area contributed by atoms with E-state index >= 15 is 0 Å². The van der Waals surface area contributed by atoms with E-state index in [1.54, 1.807) is 41.3 Å². The van der Waals surface area contributed by atoms with Crippen molar-refractivity contribution < 1.29 is 9.21 Å². The Morgan fingerprint density at radius 1 is 0.914 bits per heavy atom. The van der Waals surface area contributed by atoms with Crippen LogP contribution in [0.5, 0.6) is 0 Å². The molecule has 0 saturated carbocycles. The third-order valence-corrected chi connectivity index (χ3v) is 6.45. The smallest absolute Gasteiger partial charge is 0.260 e. The number of amides is 1. The second-order valence-electron chi connectivity index (χ2n) is 8.39. The van der Waals surface area contributed by atoms with Gasteiger partial charge < -0.3 is 14.2 Å². The number of hydrogen-bond donors (Lipinski definition) is 1. The number of anilines is 1. The van der Waals surface area contributed by atoms with Crippen molar-refractivity contribution in [3.05, 3.63) is 87.7 Å². The Bertz CT molecular complexity index is 1620. The lowest BCUT2D eigenvalue weighted by Gasteiger charge is -2.35. The molecule has 6 rings (SSSR count). The Kier molecular flexibility index (Phi) is 5.22. The van der Waals surface area contributed by atoms with Gasteiger partial charge in [-0.2, -0.15) is 0 Å². The van der Waals surface area contributed by atoms with Gasteiger partial charge in [0.2, 0.25) is 11.8 Å². The highest BCUT2D eigenvalue weighted by atomic mass is 35.5. The third kappa shape index (κ3) is 4.02. The number of oxazole rings is 1. The lowest BCUT2D eigenvalue weighted by atomic mass is 10.1. The third-order valence-electron chi connectivity index (χ3n) is 6.19. The Hall–Kier alpha value is -4.17. The first-order chi connectivity index (χ1) is 17.0. The van der Waals surface area contributed by atoms with Crippen LogP contribution in [0.4, 0.5) is 5.95 Å². The van der Waals surface area contributed by atoms with Gasteiger partial charge in [0.05, 0.1) is 10.9 Å². The lowest BCUT2D eigenvalue weighted by molar-refractivity contribution is 0.0746. The fraction of sp³-hybridized carbons (Fsp3) is 0.154. The predicted molar refractivity (Wildman–Crippen MR) is 135 cm³/mol. The molecule has 1 amide bonds. The van der Waals surface area contributed by atoms with E-state index in [0.29, 0.717) is 70.6 Å². The molecule has 1 aliphatic rings. The molecule has 0 unspecified atom stereocenters. The number of carbonyl (C=O) groups is 1. The molecule has 3 heterocycles. The van der Waals surface area contributed by atoms with E-state index in [1.807, 2.05) is 35.2 Å². The van der Waals surface area contributed by atoms with Crippen molar-refractivity contribution in [1.82, 2.24) is 19.9 Å². The summed E-state index contributed by atoms with van der Waals surface area (Å²) in [5, 5.41) is 1.20. The van der Waals surface area contributed by atoms with Crippen molar-refractivity contribution in [2.45, 2.75) is 0 Å². The highest BCUT2D eigenvalue weighted by Crippen LogP contribution is 2.26. The maximum Gasteiger partial charge on any atom is 0.260 e. The molecule has 5 aromatic rings. The van der Waals surface area contributed by atoms with Crippen LogP contribution in [0, 0.1) is 0 Å². The summed E-state index contributed by atoms with van der Waals surface area (Å²) in [5.41, 5.74) is 3.09. The molecular weight excluding hydrogens is 466 g/mol. The molecule has 8 nitrogen and oxygen atoms in total. The maximum atomic E-state index is 13.2. The van der Waals surface area contributed by atoms with Crippen molar-refractivity contribution in [3.8, 4) is 11.5 Å². The topological polar surface area (TPSA) is 95.3 Å². The van der Waals surface area contributed by atoms with Crippen molar-refractivity contribution >= 4 is 45.5 Å². The Labute approximate surface area is 204 Å². The number of aromatic nitrogens is 3. The maximum absolute atomic E-state index is 13.2. The summed E-state index contributed by atoms with van der Waals surface area (Å²) in [6.45, 7) is 2.16. The Morgan fingerprint density at radius 2 is 1.69 bits per heavy atom. The number of para-hydroxylation sites is 1. The number of carbonyl (C=O) groups excluding carboxylic acids is 1. The molecule has 3 aromatic carbocycles. The van der Waals surface area contributed by atoms with Gasteiger partial charge >= 0.3 is 0 Å². The van der Waals surface area contributed by atoms with Gasteiger partial charge in [-0.3, -0.25) is 14.6 Å². The van der Waals surface area contributed by atoms with Gasteiger partial charge in [-0.05, 0) is 54.6 Å². The molecule has 174 valence electrons. The standard InChI is InChI=1S/C26H20ClN5O3/c27-18-8-5-16(6-9-18)24-28-21-10-7-17(15-22(21)35-24)25(34)31-11-13-32(14-12-31)26-29-20-4-2-1-3-19(20)23(33)30-26/h1-10,15H,11-14H2,(H,29,30,33). The SMILES string of the molecule is O=C(c1ccc2nc(-c3ccc(Cl)cc3)oc2c1)N1CCN(c2nc3ccccc3c(=O)[nH]2)CC1. The quantitative estimate of drug-likeness (QED) is 0.408.